The molecule has 0 fully saturated rings. The standard InChI is InChI=1S/C38H33Cl2N3O3/c1-5-45-36-18-24(4)30(20-29(36)23(2)3)37-42-34-13-9-8-12-28(34)38(44)43(37)41-21-31-27-11-7-6-10-26(27)15-17-35(31)46-22-25-14-16-32(39)33(40)19-25/h6-21,23H,5,22H2,1-4H3. The lowest BCUT2D eigenvalue weighted by Crippen LogP contribution is -2.21. The molecule has 6 rings (SSSR count). The largest absolute Gasteiger partial charge is 0.494 e. The summed E-state index contributed by atoms with van der Waals surface area (Å²) >= 11 is 12.4. The number of hydrogen-bond donors (Lipinski definition) is 0. The Morgan fingerprint density at radius 1 is 0.870 bits per heavy atom. The van der Waals surface area contributed by atoms with Gasteiger partial charge in [0.25, 0.3) is 5.56 Å². The highest BCUT2D eigenvalue weighted by Gasteiger charge is 2.19. The summed E-state index contributed by atoms with van der Waals surface area (Å²) in [6.45, 7) is 9.04. The van der Waals surface area contributed by atoms with Crippen LogP contribution in [0.25, 0.3) is 33.1 Å². The van der Waals surface area contributed by atoms with Crippen LogP contribution in [-0.2, 0) is 6.61 Å². The zero-order valence-electron chi connectivity index (χ0n) is 26.1. The lowest BCUT2D eigenvalue weighted by atomic mass is 9.96. The highest BCUT2D eigenvalue weighted by atomic mass is 35.5. The molecule has 6 nitrogen and oxygen atoms in total. The van der Waals surface area contributed by atoms with Gasteiger partial charge in [-0.1, -0.05) is 85.6 Å². The van der Waals surface area contributed by atoms with Crippen LogP contribution in [-0.4, -0.2) is 22.5 Å². The molecule has 0 unspecified atom stereocenters. The van der Waals surface area contributed by atoms with Gasteiger partial charge in [-0.3, -0.25) is 4.79 Å². The SMILES string of the molecule is CCOc1cc(C)c(-c2nc3ccccc3c(=O)n2N=Cc2c(OCc3ccc(Cl)c(Cl)c3)ccc3ccccc23)cc1C(C)C. The molecule has 0 aliphatic heterocycles. The number of hydrogen-bond acceptors (Lipinski definition) is 5. The van der Waals surface area contributed by atoms with Crippen molar-refractivity contribution < 1.29 is 9.47 Å². The first-order valence-electron chi connectivity index (χ1n) is 15.2. The van der Waals surface area contributed by atoms with Crippen molar-refractivity contribution in [2.45, 2.75) is 40.2 Å². The highest BCUT2D eigenvalue weighted by molar-refractivity contribution is 6.42. The van der Waals surface area contributed by atoms with Crippen LogP contribution in [0, 0.1) is 6.92 Å². The summed E-state index contributed by atoms with van der Waals surface area (Å²) in [7, 11) is 0. The molecule has 232 valence electrons. The molecule has 0 saturated heterocycles. The van der Waals surface area contributed by atoms with Gasteiger partial charge >= 0.3 is 0 Å². The molecule has 1 aromatic heterocycles. The lowest BCUT2D eigenvalue weighted by molar-refractivity contribution is 0.306. The van der Waals surface area contributed by atoms with Crippen LogP contribution in [0.3, 0.4) is 0 Å². The number of para-hydroxylation sites is 1. The van der Waals surface area contributed by atoms with Gasteiger partial charge in [0.2, 0.25) is 0 Å². The molecule has 0 aliphatic carbocycles. The maximum absolute atomic E-state index is 14.1. The first-order valence-corrected chi connectivity index (χ1v) is 15.9. The number of benzene rings is 5. The van der Waals surface area contributed by atoms with E-state index in [9.17, 15) is 4.79 Å². The zero-order chi connectivity index (χ0) is 32.4. The average Bonchev–Trinajstić information content (AvgIpc) is 3.05. The molecule has 8 heteroatoms. The fourth-order valence-corrected chi connectivity index (χ4v) is 5.84. The molecule has 0 N–H and O–H groups in total. The summed E-state index contributed by atoms with van der Waals surface area (Å²) in [4.78, 5) is 19.1. The molecular weight excluding hydrogens is 617 g/mol. The van der Waals surface area contributed by atoms with Crippen molar-refractivity contribution >= 4 is 51.1 Å². The number of rotatable bonds is 9. The smallest absolute Gasteiger partial charge is 0.282 e. The summed E-state index contributed by atoms with van der Waals surface area (Å²) < 4.78 is 13.7. The second-order valence-electron chi connectivity index (χ2n) is 11.3. The minimum Gasteiger partial charge on any atom is -0.494 e. The van der Waals surface area contributed by atoms with Gasteiger partial charge < -0.3 is 9.47 Å². The molecule has 46 heavy (non-hydrogen) atoms. The van der Waals surface area contributed by atoms with Crippen LogP contribution in [0.5, 0.6) is 11.5 Å². The van der Waals surface area contributed by atoms with Gasteiger partial charge in [-0.2, -0.15) is 9.78 Å². The van der Waals surface area contributed by atoms with Crippen molar-refractivity contribution in [2.75, 3.05) is 6.61 Å². The Kier molecular flexibility index (Phi) is 9.11. The van der Waals surface area contributed by atoms with Crippen molar-refractivity contribution in [2.24, 2.45) is 5.10 Å². The van der Waals surface area contributed by atoms with E-state index in [-0.39, 0.29) is 18.1 Å². The second-order valence-corrected chi connectivity index (χ2v) is 12.2. The number of fused-ring (bicyclic) bond motifs is 2. The van der Waals surface area contributed by atoms with Crippen LogP contribution < -0.4 is 15.0 Å². The quantitative estimate of drug-likeness (QED) is 0.146. The Morgan fingerprint density at radius 2 is 1.63 bits per heavy atom. The van der Waals surface area contributed by atoms with Gasteiger partial charge in [-0.15, -0.1) is 0 Å². The summed E-state index contributed by atoms with van der Waals surface area (Å²) in [6, 6.07) is 28.7. The number of aromatic nitrogens is 2. The van der Waals surface area contributed by atoms with E-state index < -0.39 is 0 Å². The van der Waals surface area contributed by atoms with Gasteiger partial charge in [0, 0.05) is 11.1 Å². The van der Waals surface area contributed by atoms with Crippen molar-refractivity contribution in [3.63, 3.8) is 0 Å². The summed E-state index contributed by atoms with van der Waals surface area (Å²) in [5.74, 6) is 2.07. The maximum Gasteiger partial charge on any atom is 0.282 e. The molecule has 0 saturated carbocycles. The molecule has 6 aromatic rings. The van der Waals surface area contributed by atoms with Crippen LogP contribution in [0.1, 0.15) is 48.9 Å². The Labute approximate surface area is 277 Å². The van der Waals surface area contributed by atoms with Gasteiger partial charge in [-0.05, 0) is 89.7 Å². The molecule has 0 atom stereocenters. The Bertz CT molecular complexity index is 2170. The van der Waals surface area contributed by atoms with Crippen molar-refractivity contribution in [1.82, 2.24) is 9.66 Å². The van der Waals surface area contributed by atoms with Crippen LogP contribution in [0.2, 0.25) is 10.0 Å². The fraction of sp³-hybridized carbons (Fsp3) is 0.184. The van der Waals surface area contributed by atoms with E-state index in [4.69, 9.17) is 42.8 Å². The van der Waals surface area contributed by atoms with Crippen molar-refractivity contribution in [1.29, 1.82) is 0 Å². The topological polar surface area (TPSA) is 65.7 Å². The monoisotopic (exact) mass is 649 g/mol. The highest BCUT2D eigenvalue weighted by Crippen LogP contribution is 2.35. The summed E-state index contributed by atoms with van der Waals surface area (Å²) in [5.41, 5.74) is 4.70. The first kappa shape index (κ1) is 31.3. The molecule has 0 spiro atoms. The van der Waals surface area contributed by atoms with E-state index in [0.717, 1.165) is 44.3 Å². The number of aryl methyl sites for hydroxylation is 1. The Balaban J connectivity index is 1.52. The van der Waals surface area contributed by atoms with E-state index >= 15 is 0 Å². The first-order chi connectivity index (χ1) is 22.2. The van der Waals surface area contributed by atoms with Gasteiger partial charge in [0.15, 0.2) is 5.82 Å². The minimum atomic E-state index is -0.269. The number of ether oxygens (including phenoxy) is 2. The van der Waals surface area contributed by atoms with E-state index in [1.165, 1.54) is 4.68 Å². The van der Waals surface area contributed by atoms with E-state index in [1.54, 1.807) is 24.4 Å². The van der Waals surface area contributed by atoms with Crippen molar-refractivity contribution in [3.8, 4) is 22.9 Å². The average molecular weight is 651 g/mol. The molecule has 5 aromatic carbocycles. The van der Waals surface area contributed by atoms with Gasteiger partial charge in [0.1, 0.15) is 18.1 Å². The van der Waals surface area contributed by atoms with Crippen LogP contribution in [0.4, 0.5) is 0 Å². The third kappa shape index (κ3) is 6.23. The molecular formula is C38H33Cl2N3O3. The van der Waals surface area contributed by atoms with Crippen molar-refractivity contribution in [3.05, 3.63) is 134 Å². The van der Waals surface area contributed by atoms with Gasteiger partial charge in [0.05, 0.1) is 33.8 Å². The zero-order valence-corrected chi connectivity index (χ0v) is 27.6. The third-order valence-electron chi connectivity index (χ3n) is 7.88. The molecule has 0 bridgehead atoms. The number of halogens is 2. The summed E-state index contributed by atoms with van der Waals surface area (Å²) in [5, 5.41) is 8.20. The van der Waals surface area contributed by atoms with E-state index in [2.05, 4.69) is 19.9 Å². The lowest BCUT2D eigenvalue weighted by Gasteiger charge is -2.18. The molecule has 1 heterocycles. The normalized spacial score (nSPS) is 11.6. The molecule has 0 aliphatic rings. The minimum absolute atomic E-state index is 0.191. The molecule has 0 radical (unpaired) electrons. The van der Waals surface area contributed by atoms with Crippen LogP contribution in [0.15, 0.2) is 101 Å². The maximum atomic E-state index is 14.1. The second kappa shape index (κ2) is 13.4. The number of nitrogens with zero attached hydrogens (tertiary/aromatic N) is 3. The fourth-order valence-electron chi connectivity index (χ4n) is 5.52. The third-order valence-corrected chi connectivity index (χ3v) is 8.62. The predicted molar refractivity (Wildman–Crippen MR) is 189 cm³/mol. The van der Waals surface area contributed by atoms with Gasteiger partial charge in [-0.25, -0.2) is 4.98 Å². The van der Waals surface area contributed by atoms with Crippen LogP contribution >= 0.6 is 23.2 Å². The summed E-state index contributed by atoms with van der Waals surface area (Å²) in [6.07, 6.45) is 1.68. The van der Waals surface area contributed by atoms with E-state index in [0.29, 0.717) is 39.1 Å². The van der Waals surface area contributed by atoms with E-state index in [1.807, 2.05) is 80.6 Å². The Hall–Kier alpha value is -4.65. The predicted octanol–water partition coefficient (Wildman–Crippen LogP) is 9.82. The Morgan fingerprint density at radius 3 is 2.39 bits per heavy atom. The molecule has 0 amide bonds.